The summed E-state index contributed by atoms with van der Waals surface area (Å²) in [6.45, 7) is 7.63. The number of hydrogen-bond donors (Lipinski definition) is 1. The molecule has 19 heavy (non-hydrogen) atoms. The number of amides is 2. The van der Waals surface area contributed by atoms with Crippen molar-refractivity contribution in [2.24, 2.45) is 0 Å². The maximum atomic E-state index is 12.8. The van der Waals surface area contributed by atoms with E-state index in [0.29, 0.717) is 26.0 Å². The van der Waals surface area contributed by atoms with E-state index in [0.717, 1.165) is 19.4 Å². The summed E-state index contributed by atoms with van der Waals surface area (Å²) in [6, 6.07) is 0. The van der Waals surface area contributed by atoms with Gasteiger partial charge in [0.05, 0.1) is 12.1 Å². The Morgan fingerprint density at radius 2 is 2.11 bits per heavy atom. The molecule has 2 aliphatic rings. The fraction of sp³-hybridized carbons (Fsp3) is 0.857. The third kappa shape index (κ3) is 2.61. The normalized spacial score (nSPS) is 36.9. The molecule has 108 valence electrons. The summed E-state index contributed by atoms with van der Waals surface area (Å²) in [5.74, 6) is -0.0191. The zero-order valence-electron chi connectivity index (χ0n) is 12.1. The number of ether oxygens (including phenoxy) is 1. The molecular formula is C14H24N2O3. The lowest BCUT2D eigenvalue weighted by molar-refractivity contribution is -0.148. The largest absolute Gasteiger partial charge is 0.379 e. The molecule has 0 saturated carbocycles. The summed E-state index contributed by atoms with van der Waals surface area (Å²) in [7, 11) is 0. The molecule has 2 heterocycles. The van der Waals surface area contributed by atoms with Gasteiger partial charge >= 0.3 is 0 Å². The van der Waals surface area contributed by atoms with Crippen LogP contribution in [0.25, 0.3) is 0 Å². The molecule has 0 aromatic carbocycles. The molecule has 0 aliphatic carbocycles. The summed E-state index contributed by atoms with van der Waals surface area (Å²) >= 11 is 0. The van der Waals surface area contributed by atoms with Gasteiger partial charge in [0, 0.05) is 19.6 Å². The van der Waals surface area contributed by atoms with Gasteiger partial charge in [-0.15, -0.1) is 0 Å². The van der Waals surface area contributed by atoms with Crippen LogP contribution in [0.1, 0.15) is 46.5 Å². The second kappa shape index (κ2) is 5.12. The minimum absolute atomic E-state index is 0.0221. The topological polar surface area (TPSA) is 58.6 Å². The Morgan fingerprint density at radius 3 is 2.68 bits per heavy atom. The van der Waals surface area contributed by atoms with Crippen LogP contribution < -0.4 is 5.32 Å². The zero-order valence-corrected chi connectivity index (χ0v) is 12.1. The van der Waals surface area contributed by atoms with E-state index in [4.69, 9.17) is 4.74 Å². The Morgan fingerprint density at radius 1 is 1.37 bits per heavy atom. The van der Waals surface area contributed by atoms with Crippen molar-refractivity contribution in [2.45, 2.75) is 57.5 Å². The maximum Gasteiger partial charge on any atom is 0.248 e. The Bertz CT molecular complexity index is 377. The maximum absolute atomic E-state index is 12.8. The molecule has 2 aliphatic heterocycles. The molecule has 2 unspecified atom stereocenters. The Balaban J connectivity index is 2.28. The summed E-state index contributed by atoms with van der Waals surface area (Å²) in [6.07, 6.45) is 2.87. The minimum atomic E-state index is -0.784. The molecule has 2 amide bonds. The molecule has 2 fully saturated rings. The highest BCUT2D eigenvalue weighted by atomic mass is 16.5. The van der Waals surface area contributed by atoms with Crippen LogP contribution >= 0.6 is 0 Å². The number of nitrogens with one attached hydrogen (secondary N) is 1. The first kappa shape index (κ1) is 14.3. The molecule has 0 aromatic rings. The van der Waals surface area contributed by atoms with E-state index < -0.39 is 5.54 Å². The van der Waals surface area contributed by atoms with E-state index in [1.807, 2.05) is 18.7 Å². The zero-order chi connectivity index (χ0) is 14.1. The van der Waals surface area contributed by atoms with Gasteiger partial charge in [-0.05, 0) is 33.1 Å². The summed E-state index contributed by atoms with van der Waals surface area (Å²) in [5.41, 5.74) is -1.06. The van der Waals surface area contributed by atoms with Crippen molar-refractivity contribution in [2.75, 3.05) is 19.8 Å². The molecule has 2 rings (SSSR count). The van der Waals surface area contributed by atoms with Gasteiger partial charge in [0.15, 0.2) is 0 Å². The van der Waals surface area contributed by atoms with E-state index in [9.17, 15) is 9.59 Å². The van der Waals surface area contributed by atoms with Gasteiger partial charge in [0.25, 0.3) is 0 Å². The highest BCUT2D eigenvalue weighted by molar-refractivity contribution is 5.93. The molecule has 5 heteroatoms. The fourth-order valence-electron chi connectivity index (χ4n) is 2.92. The van der Waals surface area contributed by atoms with Crippen LogP contribution in [0.2, 0.25) is 0 Å². The van der Waals surface area contributed by atoms with Crippen LogP contribution in [0.4, 0.5) is 0 Å². The third-order valence-corrected chi connectivity index (χ3v) is 4.47. The SMILES string of the molecule is CCC1(C)NC(=O)CCN(C2(C)CCCOC2)C1=O. The average molecular weight is 268 g/mol. The number of carbonyl (C=O) groups excluding carboxylic acids is 2. The number of carbonyl (C=O) groups is 2. The molecular weight excluding hydrogens is 244 g/mol. The first-order valence-corrected chi connectivity index (χ1v) is 7.12. The lowest BCUT2D eigenvalue weighted by Crippen LogP contribution is -2.62. The first-order chi connectivity index (χ1) is 8.91. The summed E-state index contributed by atoms with van der Waals surface area (Å²) in [4.78, 5) is 26.5. The molecule has 5 nitrogen and oxygen atoms in total. The van der Waals surface area contributed by atoms with E-state index >= 15 is 0 Å². The summed E-state index contributed by atoms with van der Waals surface area (Å²) in [5, 5.41) is 2.87. The second-order valence-corrected chi connectivity index (χ2v) is 6.09. The molecule has 1 N–H and O–H groups in total. The molecule has 0 spiro atoms. The van der Waals surface area contributed by atoms with E-state index in [1.165, 1.54) is 0 Å². The van der Waals surface area contributed by atoms with Gasteiger partial charge in [-0.25, -0.2) is 0 Å². The van der Waals surface area contributed by atoms with Crippen molar-refractivity contribution in [3.63, 3.8) is 0 Å². The number of nitrogens with zero attached hydrogens (tertiary/aromatic N) is 1. The van der Waals surface area contributed by atoms with Crippen LogP contribution in [-0.4, -0.2) is 47.6 Å². The monoisotopic (exact) mass is 268 g/mol. The van der Waals surface area contributed by atoms with Crippen molar-refractivity contribution in [3.05, 3.63) is 0 Å². The molecule has 0 bridgehead atoms. The minimum Gasteiger partial charge on any atom is -0.379 e. The van der Waals surface area contributed by atoms with E-state index in [-0.39, 0.29) is 17.4 Å². The van der Waals surface area contributed by atoms with Gasteiger partial charge in [0.1, 0.15) is 5.54 Å². The summed E-state index contributed by atoms with van der Waals surface area (Å²) < 4.78 is 5.56. The van der Waals surface area contributed by atoms with Crippen molar-refractivity contribution < 1.29 is 14.3 Å². The lowest BCUT2D eigenvalue weighted by Gasteiger charge is -2.45. The van der Waals surface area contributed by atoms with Gasteiger partial charge in [0.2, 0.25) is 11.8 Å². The van der Waals surface area contributed by atoms with Crippen molar-refractivity contribution in [1.29, 1.82) is 0 Å². The molecule has 0 aromatic heterocycles. The molecule has 2 saturated heterocycles. The van der Waals surface area contributed by atoms with Crippen LogP contribution in [-0.2, 0) is 14.3 Å². The number of rotatable bonds is 2. The fourth-order valence-corrected chi connectivity index (χ4v) is 2.92. The highest BCUT2D eigenvalue weighted by Crippen LogP contribution is 2.30. The van der Waals surface area contributed by atoms with Crippen LogP contribution in [0.3, 0.4) is 0 Å². The van der Waals surface area contributed by atoms with Gasteiger partial charge in [-0.3, -0.25) is 9.59 Å². The smallest absolute Gasteiger partial charge is 0.248 e. The Kier molecular flexibility index (Phi) is 3.85. The molecule has 2 atom stereocenters. The predicted octanol–water partition coefficient (Wildman–Crippen LogP) is 1.07. The highest BCUT2D eigenvalue weighted by Gasteiger charge is 2.46. The number of hydrogen-bond acceptors (Lipinski definition) is 3. The Hall–Kier alpha value is -1.10. The predicted molar refractivity (Wildman–Crippen MR) is 71.6 cm³/mol. The second-order valence-electron chi connectivity index (χ2n) is 6.09. The van der Waals surface area contributed by atoms with Crippen molar-refractivity contribution in [3.8, 4) is 0 Å². The Labute approximate surface area is 114 Å². The first-order valence-electron chi connectivity index (χ1n) is 7.12. The van der Waals surface area contributed by atoms with Crippen LogP contribution in [0, 0.1) is 0 Å². The van der Waals surface area contributed by atoms with Crippen LogP contribution in [0.15, 0.2) is 0 Å². The third-order valence-electron chi connectivity index (χ3n) is 4.47. The van der Waals surface area contributed by atoms with E-state index in [1.54, 1.807) is 0 Å². The molecule has 0 radical (unpaired) electrons. The lowest BCUT2D eigenvalue weighted by atomic mass is 9.89. The van der Waals surface area contributed by atoms with Gasteiger partial charge < -0.3 is 15.0 Å². The van der Waals surface area contributed by atoms with Crippen molar-refractivity contribution >= 4 is 11.8 Å². The quantitative estimate of drug-likeness (QED) is 0.815. The van der Waals surface area contributed by atoms with Gasteiger partial charge in [-0.2, -0.15) is 0 Å². The standard InChI is InChI=1S/C14H24N2O3/c1-4-14(3)12(18)16(8-6-11(17)15-14)13(2)7-5-9-19-10-13/h4-10H2,1-3H3,(H,15,17). The van der Waals surface area contributed by atoms with E-state index in [2.05, 4.69) is 12.2 Å². The average Bonchev–Trinajstić information content (AvgIpc) is 2.49. The van der Waals surface area contributed by atoms with Gasteiger partial charge in [-0.1, -0.05) is 6.92 Å². The van der Waals surface area contributed by atoms with Crippen LogP contribution in [0.5, 0.6) is 0 Å². The van der Waals surface area contributed by atoms with Crippen molar-refractivity contribution in [1.82, 2.24) is 10.2 Å².